The lowest BCUT2D eigenvalue weighted by Crippen LogP contribution is -2.28. The van der Waals surface area contributed by atoms with Crippen LogP contribution in [-0.2, 0) is 25.5 Å². The normalized spacial score (nSPS) is 10.1. The van der Waals surface area contributed by atoms with Crippen molar-refractivity contribution in [1.29, 1.82) is 0 Å². The van der Waals surface area contributed by atoms with Gasteiger partial charge < -0.3 is 14.5 Å². The van der Waals surface area contributed by atoms with Gasteiger partial charge in [0.05, 0.1) is 14.2 Å². The molecular weight excluding hydrogens is 200 g/mol. The van der Waals surface area contributed by atoms with E-state index in [-0.39, 0.29) is 6.42 Å². The van der Waals surface area contributed by atoms with Gasteiger partial charge in [-0.15, -0.1) is 0 Å². The first-order chi connectivity index (χ1) is 7.19. The molecule has 0 fully saturated rings. The molecule has 15 heavy (non-hydrogen) atoms. The van der Waals surface area contributed by atoms with E-state index in [9.17, 15) is 9.59 Å². The van der Waals surface area contributed by atoms with E-state index in [0.29, 0.717) is 5.82 Å². The highest BCUT2D eigenvalue weighted by Gasteiger charge is 2.29. The summed E-state index contributed by atoms with van der Waals surface area (Å²) in [5.41, 5.74) is 0. The van der Waals surface area contributed by atoms with Gasteiger partial charge in [0.2, 0.25) is 0 Å². The molecule has 6 nitrogen and oxygen atoms in total. The minimum absolute atomic E-state index is 0.145. The molecule has 0 radical (unpaired) electrons. The Morgan fingerprint density at radius 3 is 2.40 bits per heavy atom. The molecular formula is C9H12N2O4. The van der Waals surface area contributed by atoms with E-state index in [2.05, 4.69) is 19.4 Å². The molecule has 6 heteroatoms. The molecule has 0 spiro atoms. The Labute approximate surface area is 86.6 Å². The Balaban J connectivity index is 2.73. The zero-order chi connectivity index (χ0) is 11.3. The van der Waals surface area contributed by atoms with E-state index in [1.54, 1.807) is 12.4 Å². The van der Waals surface area contributed by atoms with Gasteiger partial charge in [-0.2, -0.15) is 0 Å². The number of nitrogens with zero attached hydrogens (tertiary/aromatic N) is 1. The zero-order valence-corrected chi connectivity index (χ0v) is 8.52. The number of hydrogen-bond acceptors (Lipinski definition) is 5. The minimum atomic E-state index is -0.967. The van der Waals surface area contributed by atoms with Crippen LogP contribution in [0.25, 0.3) is 0 Å². The highest BCUT2D eigenvalue weighted by atomic mass is 16.5. The summed E-state index contributed by atoms with van der Waals surface area (Å²) in [7, 11) is 2.45. The number of rotatable bonds is 4. The number of esters is 2. The molecule has 0 atom stereocenters. The van der Waals surface area contributed by atoms with E-state index >= 15 is 0 Å². The fourth-order valence-corrected chi connectivity index (χ4v) is 1.15. The third kappa shape index (κ3) is 2.80. The standard InChI is InChI=1S/C9H12N2O4/c1-14-8(12)6(9(13)15-2)5-7-10-3-4-11-7/h3-4,6H,5H2,1-2H3,(H,10,11). The second-order valence-electron chi connectivity index (χ2n) is 2.84. The van der Waals surface area contributed by atoms with Gasteiger partial charge in [0.15, 0.2) is 5.92 Å². The molecule has 1 aromatic heterocycles. The van der Waals surface area contributed by atoms with E-state index in [4.69, 9.17) is 0 Å². The monoisotopic (exact) mass is 212 g/mol. The fraction of sp³-hybridized carbons (Fsp3) is 0.444. The van der Waals surface area contributed by atoms with Crippen molar-refractivity contribution in [3.63, 3.8) is 0 Å². The molecule has 1 heterocycles. The van der Waals surface area contributed by atoms with Crippen molar-refractivity contribution >= 4 is 11.9 Å². The SMILES string of the molecule is COC(=O)C(Cc1ncc[nH]1)C(=O)OC. The van der Waals surface area contributed by atoms with Crippen molar-refractivity contribution in [2.45, 2.75) is 6.42 Å². The summed E-state index contributed by atoms with van der Waals surface area (Å²) in [6.45, 7) is 0. The van der Waals surface area contributed by atoms with Crippen LogP contribution in [0.3, 0.4) is 0 Å². The molecule has 0 aromatic carbocycles. The van der Waals surface area contributed by atoms with Crippen LogP contribution in [0.15, 0.2) is 12.4 Å². The number of ether oxygens (including phenoxy) is 2. The molecule has 0 bridgehead atoms. The Bertz CT molecular complexity index is 318. The number of H-pyrrole nitrogens is 1. The number of methoxy groups -OCH3 is 2. The molecule has 1 aromatic rings. The second-order valence-corrected chi connectivity index (χ2v) is 2.84. The van der Waals surface area contributed by atoms with Crippen LogP contribution < -0.4 is 0 Å². The topological polar surface area (TPSA) is 81.3 Å². The quantitative estimate of drug-likeness (QED) is 0.557. The lowest BCUT2D eigenvalue weighted by Gasteiger charge is -2.10. The van der Waals surface area contributed by atoms with Crippen molar-refractivity contribution in [3.05, 3.63) is 18.2 Å². The summed E-state index contributed by atoms with van der Waals surface area (Å²) in [5.74, 6) is -1.68. The van der Waals surface area contributed by atoms with E-state index in [1.165, 1.54) is 14.2 Å². The van der Waals surface area contributed by atoms with Gasteiger partial charge in [-0.1, -0.05) is 0 Å². The van der Waals surface area contributed by atoms with E-state index in [0.717, 1.165) is 0 Å². The summed E-state index contributed by atoms with van der Waals surface area (Å²) >= 11 is 0. The maximum Gasteiger partial charge on any atom is 0.320 e. The predicted molar refractivity (Wildman–Crippen MR) is 49.8 cm³/mol. The van der Waals surface area contributed by atoms with Gasteiger partial charge in [0.25, 0.3) is 0 Å². The third-order valence-corrected chi connectivity index (χ3v) is 1.92. The maximum absolute atomic E-state index is 11.3. The van der Waals surface area contributed by atoms with Crippen molar-refractivity contribution in [3.8, 4) is 0 Å². The molecule has 0 amide bonds. The van der Waals surface area contributed by atoms with E-state index < -0.39 is 17.9 Å². The summed E-state index contributed by atoms with van der Waals surface area (Å²) < 4.78 is 9.01. The molecule has 0 saturated carbocycles. The van der Waals surface area contributed by atoms with Crippen LogP contribution in [0.2, 0.25) is 0 Å². The van der Waals surface area contributed by atoms with Crippen LogP contribution in [0, 0.1) is 5.92 Å². The molecule has 1 rings (SSSR count). The maximum atomic E-state index is 11.3. The first-order valence-electron chi connectivity index (χ1n) is 4.33. The molecule has 0 aliphatic heterocycles. The van der Waals surface area contributed by atoms with Gasteiger partial charge in [0, 0.05) is 18.8 Å². The van der Waals surface area contributed by atoms with E-state index in [1.807, 2.05) is 0 Å². The molecule has 0 unspecified atom stereocenters. The second kappa shape index (κ2) is 5.14. The fourth-order valence-electron chi connectivity index (χ4n) is 1.15. The molecule has 82 valence electrons. The first-order valence-corrected chi connectivity index (χ1v) is 4.33. The summed E-state index contributed by atoms with van der Waals surface area (Å²) in [6.07, 6.45) is 3.30. The Hall–Kier alpha value is -1.85. The van der Waals surface area contributed by atoms with Gasteiger partial charge in [-0.25, -0.2) is 4.98 Å². The number of hydrogen-bond donors (Lipinski definition) is 1. The molecule has 0 aliphatic rings. The van der Waals surface area contributed by atoms with Crippen LogP contribution in [0.5, 0.6) is 0 Å². The number of carbonyl (C=O) groups is 2. The van der Waals surface area contributed by atoms with Crippen molar-refractivity contribution in [2.24, 2.45) is 5.92 Å². The number of nitrogens with one attached hydrogen (secondary N) is 1. The largest absolute Gasteiger partial charge is 0.468 e. The zero-order valence-electron chi connectivity index (χ0n) is 8.52. The smallest absolute Gasteiger partial charge is 0.320 e. The van der Waals surface area contributed by atoms with Crippen LogP contribution in [0.4, 0.5) is 0 Å². The Morgan fingerprint density at radius 2 is 2.00 bits per heavy atom. The third-order valence-electron chi connectivity index (χ3n) is 1.92. The summed E-state index contributed by atoms with van der Waals surface area (Å²) in [6, 6.07) is 0. The molecule has 0 aliphatic carbocycles. The van der Waals surface area contributed by atoms with Gasteiger partial charge >= 0.3 is 11.9 Å². The van der Waals surface area contributed by atoms with Gasteiger partial charge in [-0.05, 0) is 0 Å². The first kappa shape index (κ1) is 11.2. The number of aromatic nitrogens is 2. The van der Waals surface area contributed by atoms with Crippen LogP contribution in [-0.4, -0.2) is 36.1 Å². The number of carbonyl (C=O) groups excluding carboxylic acids is 2. The lowest BCUT2D eigenvalue weighted by atomic mass is 10.1. The number of imidazole rings is 1. The van der Waals surface area contributed by atoms with Crippen LogP contribution >= 0.6 is 0 Å². The lowest BCUT2D eigenvalue weighted by molar-refractivity contribution is -0.158. The predicted octanol–water partition coefficient (Wildman–Crippen LogP) is -0.0856. The van der Waals surface area contributed by atoms with Crippen molar-refractivity contribution in [2.75, 3.05) is 14.2 Å². The van der Waals surface area contributed by atoms with Crippen molar-refractivity contribution in [1.82, 2.24) is 9.97 Å². The molecule has 1 N–H and O–H groups in total. The highest BCUT2D eigenvalue weighted by molar-refractivity contribution is 5.94. The highest BCUT2D eigenvalue weighted by Crippen LogP contribution is 2.08. The van der Waals surface area contributed by atoms with Crippen LogP contribution in [0.1, 0.15) is 5.82 Å². The van der Waals surface area contributed by atoms with Gasteiger partial charge in [0.1, 0.15) is 5.82 Å². The van der Waals surface area contributed by atoms with Crippen molar-refractivity contribution < 1.29 is 19.1 Å². The summed E-state index contributed by atoms with van der Waals surface area (Å²) in [5, 5.41) is 0. The average Bonchev–Trinajstić information content (AvgIpc) is 2.76. The minimum Gasteiger partial charge on any atom is -0.468 e. The Kier molecular flexibility index (Phi) is 3.84. The average molecular weight is 212 g/mol. The molecule has 0 saturated heterocycles. The van der Waals surface area contributed by atoms with Gasteiger partial charge in [-0.3, -0.25) is 9.59 Å². The number of aromatic amines is 1. The Morgan fingerprint density at radius 1 is 1.40 bits per heavy atom. The summed E-state index contributed by atoms with van der Waals surface area (Å²) in [4.78, 5) is 29.3.